The maximum atomic E-state index is 5.40. The fourth-order valence-electron chi connectivity index (χ4n) is 3.77. The summed E-state index contributed by atoms with van der Waals surface area (Å²) in [5.41, 5.74) is 7.40. The number of hydrogen-bond donors (Lipinski definition) is 2. The van der Waals surface area contributed by atoms with Gasteiger partial charge in [-0.1, -0.05) is 48.5 Å². The van der Waals surface area contributed by atoms with Crippen LogP contribution in [0.2, 0.25) is 0 Å². The number of fused-ring (bicyclic) bond motifs is 1. The zero-order valence-electron chi connectivity index (χ0n) is 19.0. The summed E-state index contributed by atoms with van der Waals surface area (Å²) in [6, 6.07) is 22.8. The molecule has 0 atom stereocenters. The van der Waals surface area contributed by atoms with Gasteiger partial charge in [-0.05, 0) is 56.5 Å². The Morgan fingerprint density at radius 1 is 0.844 bits per heavy atom. The van der Waals surface area contributed by atoms with Crippen molar-refractivity contribution in [1.29, 1.82) is 0 Å². The number of aryl methyl sites for hydroxylation is 2. The van der Waals surface area contributed by atoms with E-state index in [0.29, 0.717) is 5.95 Å². The van der Waals surface area contributed by atoms with Crippen molar-refractivity contribution in [3.8, 4) is 11.3 Å². The first-order chi connectivity index (χ1) is 15.7. The molecule has 4 aromatic rings. The molecule has 164 valence electrons. The van der Waals surface area contributed by atoms with Crippen molar-refractivity contribution in [1.82, 2.24) is 9.97 Å². The molecule has 5 heteroatoms. The van der Waals surface area contributed by atoms with Crippen LogP contribution in [0.15, 0.2) is 66.7 Å². The lowest BCUT2D eigenvalue weighted by atomic mass is 10.1. The third-order valence-electron chi connectivity index (χ3n) is 5.48. The second-order valence-corrected chi connectivity index (χ2v) is 7.86. The van der Waals surface area contributed by atoms with Crippen LogP contribution in [0.1, 0.15) is 24.5 Å². The first kappa shape index (κ1) is 21.8. The summed E-state index contributed by atoms with van der Waals surface area (Å²) in [5.74, 6) is 0.606. The van der Waals surface area contributed by atoms with Crippen LogP contribution < -0.4 is 10.6 Å². The number of rotatable bonds is 9. The first-order valence-electron chi connectivity index (χ1n) is 11.2. The number of aromatic nitrogens is 2. The normalized spacial score (nSPS) is 11.0. The standard InChI is InChI=1S/C27H30N4O/c1-4-32-18-8-17-28-22-15-13-21(14-16-22)26-23-11-5-6-12-24(23)29-27(31-26)30-25-19(2)9-7-10-20(25)3/h5-7,9-16,28H,4,8,17-18H2,1-3H3,(H,29,30,31). The van der Waals surface area contributed by atoms with E-state index in [9.17, 15) is 0 Å². The van der Waals surface area contributed by atoms with Crippen molar-refractivity contribution in [2.75, 3.05) is 30.4 Å². The Bertz CT molecular complexity index is 1170. The van der Waals surface area contributed by atoms with Crippen LogP contribution in [0.4, 0.5) is 17.3 Å². The summed E-state index contributed by atoms with van der Waals surface area (Å²) in [4.78, 5) is 9.69. The zero-order valence-corrected chi connectivity index (χ0v) is 19.0. The minimum Gasteiger partial charge on any atom is -0.385 e. The van der Waals surface area contributed by atoms with E-state index in [1.807, 2.05) is 25.1 Å². The molecule has 32 heavy (non-hydrogen) atoms. The van der Waals surface area contributed by atoms with E-state index in [4.69, 9.17) is 14.7 Å². The van der Waals surface area contributed by atoms with Crippen molar-refractivity contribution >= 4 is 28.2 Å². The van der Waals surface area contributed by atoms with E-state index in [1.165, 1.54) is 11.1 Å². The van der Waals surface area contributed by atoms with Gasteiger partial charge in [0.2, 0.25) is 5.95 Å². The van der Waals surface area contributed by atoms with E-state index in [1.54, 1.807) is 0 Å². The van der Waals surface area contributed by atoms with Crippen molar-refractivity contribution in [3.05, 3.63) is 77.9 Å². The van der Waals surface area contributed by atoms with Crippen molar-refractivity contribution in [3.63, 3.8) is 0 Å². The lowest BCUT2D eigenvalue weighted by Crippen LogP contribution is -2.05. The van der Waals surface area contributed by atoms with E-state index in [-0.39, 0.29) is 0 Å². The second kappa shape index (κ2) is 10.2. The third kappa shape index (κ3) is 5.06. The highest BCUT2D eigenvalue weighted by Gasteiger charge is 2.11. The second-order valence-electron chi connectivity index (χ2n) is 7.86. The summed E-state index contributed by atoms with van der Waals surface area (Å²) < 4.78 is 5.40. The zero-order chi connectivity index (χ0) is 22.3. The van der Waals surface area contributed by atoms with Gasteiger partial charge in [-0.25, -0.2) is 9.97 Å². The molecular formula is C27H30N4O. The summed E-state index contributed by atoms with van der Waals surface area (Å²) >= 11 is 0. The molecule has 0 aliphatic carbocycles. The molecule has 0 saturated carbocycles. The minimum absolute atomic E-state index is 0.606. The highest BCUT2D eigenvalue weighted by atomic mass is 16.5. The van der Waals surface area contributed by atoms with Gasteiger partial charge in [0.1, 0.15) is 0 Å². The van der Waals surface area contributed by atoms with Crippen LogP contribution in [-0.2, 0) is 4.74 Å². The SMILES string of the molecule is CCOCCCNc1ccc(-c2nc(Nc3c(C)cccc3C)nc3ccccc23)cc1. The first-order valence-corrected chi connectivity index (χ1v) is 11.2. The number of hydrogen-bond acceptors (Lipinski definition) is 5. The predicted molar refractivity (Wildman–Crippen MR) is 134 cm³/mol. The topological polar surface area (TPSA) is 59.1 Å². The van der Waals surface area contributed by atoms with Gasteiger partial charge in [0.25, 0.3) is 0 Å². The molecular weight excluding hydrogens is 396 g/mol. The van der Waals surface area contributed by atoms with Crippen LogP contribution in [-0.4, -0.2) is 29.7 Å². The number of ether oxygens (including phenoxy) is 1. The van der Waals surface area contributed by atoms with Gasteiger partial charge in [0, 0.05) is 42.1 Å². The van der Waals surface area contributed by atoms with E-state index in [2.05, 4.69) is 73.0 Å². The number of anilines is 3. The quantitative estimate of drug-likeness (QED) is 0.299. The van der Waals surface area contributed by atoms with Crippen molar-refractivity contribution < 1.29 is 4.74 Å². The fraction of sp³-hybridized carbons (Fsp3) is 0.259. The smallest absolute Gasteiger partial charge is 0.228 e. The molecule has 0 radical (unpaired) electrons. The monoisotopic (exact) mass is 426 g/mol. The molecule has 0 amide bonds. The highest BCUT2D eigenvalue weighted by molar-refractivity contribution is 5.93. The lowest BCUT2D eigenvalue weighted by Gasteiger charge is -2.14. The van der Waals surface area contributed by atoms with Gasteiger partial charge in [-0.2, -0.15) is 0 Å². The Hall–Kier alpha value is -3.44. The minimum atomic E-state index is 0.606. The molecule has 0 saturated heterocycles. The molecule has 0 bridgehead atoms. The van der Waals surface area contributed by atoms with Crippen molar-refractivity contribution in [2.24, 2.45) is 0 Å². The van der Waals surface area contributed by atoms with Crippen LogP contribution >= 0.6 is 0 Å². The molecule has 5 nitrogen and oxygen atoms in total. The maximum Gasteiger partial charge on any atom is 0.228 e. The molecule has 0 fully saturated rings. The van der Waals surface area contributed by atoms with Gasteiger partial charge >= 0.3 is 0 Å². The number of para-hydroxylation sites is 2. The third-order valence-corrected chi connectivity index (χ3v) is 5.48. The molecule has 1 aromatic heterocycles. The van der Waals surface area contributed by atoms with Crippen LogP contribution in [0.5, 0.6) is 0 Å². The largest absolute Gasteiger partial charge is 0.385 e. The van der Waals surface area contributed by atoms with Crippen LogP contribution in [0, 0.1) is 13.8 Å². The van der Waals surface area contributed by atoms with Gasteiger partial charge in [-0.3, -0.25) is 0 Å². The molecule has 0 aliphatic rings. The Labute approximate surface area is 189 Å². The van der Waals surface area contributed by atoms with E-state index in [0.717, 1.165) is 59.7 Å². The Balaban J connectivity index is 1.62. The Morgan fingerprint density at radius 3 is 2.34 bits per heavy atom. The summed E-state index contributed by atoms with van der Waals surface area (Å²) in [6.07, 6.45) is 0.986. The average Bonchev–Trinajstić information content (AvgIpc) is 2.81. The molecule has 0 unspecified atom stereocenters. The van der Waals surface area contributed by atoms with Gasteiger partial charge in [-0.15, -0.1) is 0 Å². The summed E-state index contributed by atoms with van der Waals surface area (Å²) in [7, 11) is 0. The number of nitrogens with one attached hydrogen (secondary N) is 2. The van der Waals surface area contributed by atoms with Crippen LogP contribution in [0.25, 0.3) is 22.2 Å². The van der Waals surface area contributed by atoms with Crippen LogP contribution in [0.3, 0.4) is 0 Å². The summed E-state index contributed by atoms with van der Waals surface area (Å²) in [5, 5.41) is 7.94. The fourth-order valence-corrected chi connectivity index (χ4v) is 3.77. The molecule has 0 spiro atoms. The average molecular weight is 427 g/mol. The predicted octanol–water partition coefficient (Wildman–Crippen LogP) is 6.50. The highest BCUT2D eigenvalue weighted by Crippen LogP contribution is 2.30. The van der Waals surface area contributed by atoms with Gasteiger partial charge in [0.05, 0.1) is 11.2 Å². The number of benzene rings is 3. The van der Waals surface area contributed by atoms with E-state index < -0.39 is 0 Å². The summed E-state index contributed by atoms with van der Waals surface area (Å²) in [6.45, 7) is 8.65. The lowest BCUT2D eigenvalue weighted by molar-refractivity contribution is 0.147. The van der Waals surface area contributed by atoms with Gasteiger partial charge in [0.15, 0.2) is 0 Å². The molecule has 4 rings (SSSR count). The number of nitrogens with zero attached hydrogens (tertiary/aromatic N) is 2. The molecule has 0 aliphatic heterocycles. The van der Waals surface area contributed by atoms with Crippen molar-refractivity contribution in [2.45, 2.75) is 27.2 Å². The molecule has 1 heterocycles. The van der Waals surface area contributed by atoms with E-state index >= 15 is 0 Å². The Kier molecular flexibility index (Phi) is 6.97. The molecule has 2 N–H and O–H groups in total. The van der Waals surface area contributed by atoms with Gasteiger partial charge < -0.3 is 15.4 Å². The Morgan fingerprint density at radius 2 is 1.59 bits per heavy atom. The molecule has 3 aromatic carbocycles. The maximum absolute atomic E-state index is 5.40.